The Hall–Kier alpha value is -1.45. The monoisotopic (exact) mass is 307 g/mol. The number of ketones is 1. The summed E-state index contributed by atoms with van der Waals surface area (Å²) in [5.41, 5.74) is 0. The molecule has 4 nitrogen and oxygen atoms in total. The summed E-state index contributed by atoms with van der Waals surface area (Å²) < 4.78 is 0. The van der Waals surface area contributed by atoms with E-state index in [2.05, 4.69) is 6.92 Å². The lowest BCUT2D eigenvalue weighted by Crippen LogP contribution is -2.40. The average molecular weight is 307 g/mol. The summed E-state index contributed by atoms with van der Waals surface area (Å²) in [4.78, 5) is 37.1. The van der Waals surface area contributed by atoms with Crippen molar-refractivity contribution in [3.63, 3.8) is 0 Å². The molecule has 22 heavy (non-hydrogen) atoms. The summed E-state index contributed by atoms with van der Waals surface area (Å²) >= 11 is 0. The van der Waals surface area contributed by atoms with Crippen molar-refractivity contribution in [3.05, 3.63) is 12.2 Å². The van der Waals surface area contributed by atoms with E-state index in [4.69, 9.17) is 0 Å². The first-order valence-corrected chi connectivity index (χ1v) is 8.52. The molecule has 0 aromatic rings. The lowest BCUT2D eigenvalue weighted by Gasteiger charge is -2.21. The molecular weight excluding hydrogens is 278 g/mol. The van der Waals surface area contributed by atoms with Crippen molar-refractivity contribution >= 4 is 17.6 Å². The molecule has 0 aromatic heterocycles. The van der Waals surface area contributed by atoms with Gasteiger partial charge in [-0.2, -0.15) is 0 Å². The van der Waals surface area contributed by atoms with Crippen LogP contribution in [-0.4, -0.2) is 28.5 Å². The molecule has 0 radical (unpaired) electrons. The molecule has 1 fully saturated rings. The quantitative estimate of drug-likeness (QED) is 0.371. The molecule has 0 saturated carbocycles. The van der Waals surface area contributed by atoms with E-state index in [9.17, 15) is 14.4 Å². The lowest BCUT2D eigenvalue weighted by atomic mass is 10.0. The van der Waals surface area contributed by atoms with E-state index in [1.54, 1.807) is 0 Å². The Morgan fingerprint density at radius 1 is 1.23 bits per heavy atom. The molecule has 1 atom stereocenters. The minimum atomic E-state index is -0.561. The summed E-state index contributed by atoms with van der Waals surface area (Å²) in [6.45, 7) is 6.16. The molecule has 1 unspecified atom stereocenters. The van der Waals surface area contributed by atoms with Crippen LogP contribution >= 0.6 is 0 Å². The Morgan fingerprint density at radius 3 is 2.55 bits per heavy atom. The fraction of sp³-hybridized carbons (Fsp3) is 0.722. The second-order valence-corrected chi connectivity index (χ2v) is 6.50. The van der Waals surface area contributed by atoms with Crippen molar-refractivity contribution in [1.29, 1.82) is 0 Å². The van der Waals surface area contributed by atoms with Crippen molar-refractivity contribution in [2.75, 3.05) is 0 Å². The van der Waals surface area contributed by atoms with Gasteiger partial charge < -0.3 is 0 Å². The zero-order valence-electron chi connectivity index (χ0n) is 14.1. The number of allylic oxidation sites excluding steroid dienone is 1. The van der Waals surface area contributed by atoms with Gasteiger partial charge in [-0.3, -0.25) is 19.3 Å². The first kappa shape index (κ1) is 18.6. The van der Waals surface area contributed by atoms with E-state index < -0.39 is 6.04 Å². The maximum absolute atomic E-state index is 12.2. The van der Waals surface area contributed by atoms with Gasteiger partial charge >= 0.3 is 0 Å². The van der Waals surface area contributed by atoms with Crippen LogP contribution in [0, 0.1) is 5.92 Å². The van der Waals surface area contributed by atoms with Crippen molar-refractivity contribution in [3.8, 4) is 0 Å². The number of carbonyl (C=O) groups is 3. The molecule has 1 aliphatic rings. The molecule has 1 rings (SSSR count). The van der Waals surface area contributed by atoms with Gasteiger partial charge in [0.2, 0.25) is 5.91 Å². The van der Waals surface area contributed by atoms with Crippen LogP contribution < -0.4 is 0 Å². The average Bonchev–Trinajstić information content (AvgIpc) is 2.71. The molecule has 2 amide bonds. The van der Waals surface area contributed by atoms with Gasteiger partial charge in [-0.05, 0) is 31.3 Å². The summed E-state index contributed by atoms with van der Waals surface area (Å²) in [5.74, 6) is -0.541. The standard InChI is InChI=1S/C18H29NO3/c1-4-5-6-7-8-9-10-11-17(21)19-15(12-14(2)3)16(20)13-18(19)22/h10-11,14-15H,4-9,12-13H2,1-3H3/b11-10+. The van der Waals surface area contributed by atoms with Gasteiger partial charge in [-0.25, -0.2) is 0 Å². The van der Waals surface area contributed by atoms with Crippen LogP contribution in [0.3, 0.4) is 0 Å². The van der Waals surface area contributed by atoms with Gasteiger partial charge in [-0.1, -0.05) is 52.5 Å². The number of imide groups is 1. The van der Waals surface area contributed by atoms with Gasteiger partial charge in [0.1, 0.15) is 0 Å². The van der Waals surface area contributed by atoms with E-state index in [0.717, 1.165) is 17.7 Å². The van der Waals surface area contributed by atoms with Crippen LogP contribution in [0.5, 0.6) is 0 Å². The van der Waals surface area contributed by atoms with Gasteiger partial charge in [0.05, 0.1) is 12.5 Å². The second kappa shape index (κ2) is 9.54. The molecule has 0 aliphatic carbocycles. The Labute approximate surface area is 133 Å². The van der Waals surface area contributed by atoms with Crippen LogP contribution in [0.25, 0.3) is 0 Å². The Morgan fingerprint density at radius 2 is 1.91 bits per heavy atom. The molecular formula is C18H29NO3. The predicted molar refractivity (Wildman–Crippen MR) is 87.2 cm³/mol. The lowest BCUT2D eigenvalue weighted by molar-refractivity contribution is -0.141. The molecule has 1 saturated heterocycles. The number of amides is 2. The summed E-state index contributed by atoms with van der Waals surface area (Å²) in [6.07, 6.45) is 10.5. The number of hydrogen-bond acceptors (Lipinski definition) is 3. The van der Waals surface area contributed by atoms with Crippen molar-refractivity contribution in [2.24, 2.45) is 5.92 Å². The number of rotatable bonds is 9. The number of likely N-dealkylation sites (tertiary alicyclic amines) is 1. The molecule has 1 heterocycles. The third-order valence-electron chi connectivity index (χ3n) is 3.94. The second-order valence-electron chi connectivity index (χ2n) is 6.50. The van der Waals surface area contributed by atoms with E-state index in [-0.39, 0.29) is 29.9 Å². The Balaban J connectivity index is 2.48. The molecule has 0 aromatic carbocycles. The van der Waals surface area contributed by atoms with E-state index in [0.29, 0.717) is 6.42 Å². The minimum absolute atomic E-state index is 0.125. The zero-order chi connectivity index (χ0) is 16.5. The molecule has 0 spiro atoms. The largest absolute Gasteiger partial charge is 0.297 e. The highest BCUT2D eigenvalue weighted by molar-refractivity contribution is 6.16. The molecule has 4 heteroatoms. The molecule has 0 N–H and O–H groups in total. The fourth-order valence-corrected chi connectivity index (χ4v) is 2.76. The van der Waals surface area contributed by atoms with Crippen molar-refractivity contribution in [2.45, 2.75) is 78.2 Å². The first-order valence-electron chi connectivity index (χ1n) is 8.52. The van der Waals surface area contributed by atoms with Crippen LogP contribution in [0.2, 0.25) is 0 Å². The summed E-state index contributed by atoms with van der Waals surface area (Å²) in [6, 6.07) is -0.561. The van der Waals surface area contributed by atoms with E-state index in [1.165, 1.54) is 31.8 Å². The van der Waals surface area contributed by atoms with Crippen LogP contribution in [0.4, 0.5) is 0 Å². The summed E-state index contributed by atoms with van der Waals surface area (Å²) in [5, 5.41) is 0. The maximum atomic E-state index is 12.2. The van der Waals surface area contributed by atoms with Crippen LogP contribution in [-0.2, 0) is 14.4 Å². The third kappa shape index (κ3) is 5.74. The van der Waals surface area contributed by atoms with E-state index >= 15 is 0 Å². The molecule has 124 valence electrons. The molecule has 1 aliphatic heterocycles. The topological polar surface area (TPSA) is 54.5 Å². The number of Topliss-reactive ketones (excluding diaryl/α,β-unsaturated/α-hetero) is 1. The van der Waals surface area contributed by atoms with Crippen LogP contribution in [0.15, 0.2) is 12.2 Å². The zero-order valence-corrected chi connectivity index (χ0v) is 14.1. The number of unbranched alkanes of at least 4 members (excludes halogenated alkanes) is 5. The molecule has 0 bridgehead atoms. The SMILES string of the molecule is CCCCCCC/C=C/C(=O)N1C(=O)CC(=O)C1CC(C)C. The van der Waals surface area contributed by atoms with E-state index in [1.807, 2.05) is 19.9 Å². The third-order valence-corrected chi connectivity index (χ3v) is 3.94. The smallest absolute Gasteiger partial charge is 0.253 e. The van der Waals surface area contributed by atoms with Crippen molar-refractivity contribution in [1.82, 2.24) is 4.90 Å². The minimum Gasteiger partial charge on any atom is -0.297 e. The number of hydrogen-bond donors (Lipinski definition) is 0. The summed E-state index contributed by atoms with van der Waals surface area (Å²) in [7, 11) is 0. The highest BCUT2D eigenvalue weighted by atomic mass is 16.2. The number of nitrogens with zero attached hydrogens (tertiary/aromatic N) is 1. The normalized spacial score (nSPS) is 18.9. The van der Waals surface area contributed by atoms with Gasteiger partial charge in [0.25, 0.3) is 5.91 Å². The van der Waals surface area contributed by atoms with Crippen molar-refractivity contribution < 1.29 is 14.4 Å². The Kier molecular flexibility index (Phi) is 8.07. The highest BCUT2D eigenvalue weighted by Crippen LogP contribution is 2.22. The van der Waals surface area contributed by atoms with Gasteiger partial charge in [0.15, 0.2) is 5.78 Å². The highest BCUT2D eigenvalue weighted by Gasteiger charge is 2.41. The maximum Gasteiger partial charge on any atom is 0.253 e. The predicted octanol–water partition coefficient (Wildman–Crippen LogP) is 3.65. The van der Waals surface area contributed by atoms with Crippen LogP contribution in [0.1, 0.15) is 72.1 Å². The Bertz CT molecular complexity index is 426. The number of carbonyl (C=O) groups excluding carboxylic acids is 3. The first-order chi connectivity index (χ1) is 10.5. The fourth-order valence-electron chi connectivity index (χ4n) is 2.76. The van der Waals surface area contributed by atoms with Gasteiger partial charge in [-0.15, -0.1) is 0 Å². The van der Waals surface area contributed by atoms with Gasteiger partial charge in [0, 0.05) is 0 Å².